The van der Waals surface area contributed by atoms with E-state index >= 15 is 0 Å². The summed E-state index contributed by atoms with van der Waals surface area (Å²) in [6, 6.07) is 0.428. The Morgan fingerprint density at radius 2 is 2.43 bits per heavy atom. The third-order valence-corrected chi connectivity index (χ3v) is 2.63. The van der Waals surface area contributed by atoms with Crippen molar-refractivity contribution in [2.45, 2.75) is 32.2 Å². The molecule has 4 heteroatoms. The number of aliphatic hydroxyl groups excluding tert-OH is 1. The summed E-state index contributed by atoms with van der Waals surface area (Å²) in [4.78, 5) is 13.2. The van der Waals surface area contributed by atoms with E-state index in [4.69, 9.17) is 5.11 Å². The van der Waals surface area contributed by atoms with Crippen molar-refractivity contribution in [2.24, 2.45) is 0 Å². The van der Waals surface area contributed by atoms with Gasteiger partial charge in [0.05, 0.1) is 6.61 Å². The van der Waals surface area contributed by atoms with E-state index < -0.39 is 0 Å². The molecule has 0 aromatic rings. The zero-order chi connectivity index (χ0) is 10.4. The van der Waals surface area contributed by atoms with Crippen molar-refractivity contribution in [1.82, 2.24) is 10.2 Å². The van der Waals surface area contributed by atoms with Gasteiger partial charge in [-0.3, -0.25) is 4.79 Å². The summed E-state index contributed by atoms with van der Waals surface area (Å²) in [7, 11) is 0. The van der Waals surface area contributed by atoms with Gasteiger partial charge in [-0.2, -0.15) is 0 Å². The van der Waals surface area contributed by atoms with E-state index in [1.54, 1.807) is 4.90 Å². The highest BCUT2D eigenvalue weighted by Crippen LogP contribution is 2.07. The number of rotatable bonds is 5. The zero-order valence-electron chi connectivity index (χ0n) is 8.83. The number of nitrogens with one attached hydrogen (secondary N) is 1. The Morgan fingerprint density at radius 3 is 2.93 bits per heavy atom. The molecule has 0 saturated carbocycles. The molecule has 4 nitrogen and oxygen atoms in total. The first-order chi connectivity index (χ1) is 6.77. The van der Waals surface area contributed by atoms with Gasteiger partial charge in [0.15, 0.2) is 0 Å². The highest BCUT2D eigenvalue weighted by Gasteiger charge is 2.19. The van der Waals surface area contributed by atoms with Crippen LogP contribution in [0.3, 0.4) is 0 Å². The summed E-state index contributed by atoms with van der Waals surface area (Å²) < 4.78 is 0. The van der Waals surface area contributed by atoms with Gasteiger partial charge >= 0.3 is 0 Å². The van der Waals surface area contributed by atoms with Crippen LogP contribution in [0.4, 0.5) is 0 Å². The Balaban J connectivity index is 2.37. The molecule has 0 radical (unpaired) electrons. The molecule has 1 amide bonds. The van der Waals surface area contributed by atoms with Crippen LogP contribution in [-0.2, 0) is 4.79 Å². The fraction of sp³-hybridized carbons (Fsp3) is 0.900. The smallest absolute Gasteiger partial charge is 0.222 e. The molecule has 0 bridgehead atoms. The maximum atomic E-state index is 11.5. The number of aliphatic hydroxyl groups is 1. The fourth-order valence-electron chi connectivity index (χ4n) is 1.84. The van der Waals surface area contributed by atoms with Crippen molar-refractivity contribution in [3.05, 3.63) is 0 Å². The second-order valence-corrected chi connectivity index (χ2v) is 3.71. The van der Waals surface area contributed by atoms with Gasteiger partial charge in [0.2, 0.25) is 5.91 Å². The molecule has 0 aromatic heterocycles. The van der Waals surface area contributed by atoms with Gasteiger partial charge in [-0.1, -0.05) is 6.92 Å². The molecular weight excluding hydrogens is 180 g/mol. The second-order valence-electron chi connectivity index (χ2n) is 3.71. The molecule has 1 unspecified atom stereocenters. The van der Waals surface area contributed by atoms with E-state index in [9.17, 15) is 4.79 Å². The van der Waals surface area contributed by atoms with Gasteiger partial charge in [0.1, 0.15) is 0 Å². The molecule has 14 heavy (non-hydrogen) atoms. The van der Waals surface area contributed by atoms with Crippen LogP contribution in [0.5, 0.6) is 0 Å². The number of nitrogens with zero attached hydrogens (tertiary/aromatic N) is 1. The fourth-order valence-corrected chi connectivity index (χ4v) is 1.84. The largest absolute Gasteiger partial charge is 0.395 e. The summed E-state index contributed by atoms with van der Waals surface area (Å²) in [5.41, 5.74) is 0. The molecule has 1 aliphatic heterocycles. The quantitative estimate of drug-likeness (QED) is 0.655. The van der Waals surface area contributed by atoms with Gasteiger partial charge in [-0.15, -0.1) is 0 Å². The Morgan fingerprint density at radius 1 is 1.64 bits per heavy atom. The topological polar surface area (TPSA) is 52.6 Å². The van der Waals surface area contributed by atoms with Crippen LogP contribution in [-0.4, -0.2) is 48.2 Å². The average molecular weight is 200 g/mol. The van der Waals surface area contributed by atoms with E-state index in [1.165, 1.54) is 6.42 Å². The number of amides is 1. The molecule has 82 valence electrons. The highest BCUT2D eigenvalue weighted by atomic mass is 16.3. The summed E-state index contributed by atoms with van der Waals surface area (Å²) in [5.74, 6) is 0.132. The van der Waals surface area contributed by atoms with Crippen LogP contribution in [0, 0.1) is 0 Å². The monoisotopic (exact) mass is 200 g/mol. The lowest BCUT2D eigenvalue weighted by Gasteiger charge is -2.24. The Kier molecular flexibility index (Phi) is 4.90. The first-order valence-electron chi connectivity index (χ1n) is 5.40. The van der Waals surface area contributed by atoms with Crippen LogP contribution in [0.15, 0.2) is 0 Å². The maximum Gasteiger partial charge on any atom is 0.222 e. The predicted molar refractivity (Wildman–Crippen MR) is 55.0 cm³/mol. The standard InChI is InChI=1S/C10H20N2O2/c1-2-10(14)12(6-7-13)8-9-4-3-5-11-9/h9,11,13H,2-8H2,1H3. The highest BCUT2D eigenvalue weighted by molar-refractivity contribution is 5.75. The van der Waals surface area contributed by atoms with E-state index in [2.05, 4.69) is 5.32 Å². The van der Waals surface area contributed by atoms with Crippen molar-refractivity contribution in [3.8, 4) is 0 Å². The summed E-state index contributed by atoms with van der Waals surface area (Å²) in [6.45, 7) is 4.17. The lowest BCUT2D eigenvalue weighted by atomic mass is 10.2. The molecule has 1 atom stereocenters. The lowest BCUT2D eigenvalue weighted by Crippen LogP contribution is -2.42. The lowest BCUT2D eigenvalue weighted by molar-refractivity contribution is -0.131. The normalized spacial score (nSPS) is 21.1. The van der Waals surface area contributed by atoms with Gasteiger partial charge < -0.3 is 15.3 Å². The van der Waals surface area contributed by atoms with Crippen LogP contribution in [0.25, 0.3) is 0 Å². The SMILES string of the molecule is CCC(=O)N(CCO)CC1CCCN1. The first-order valence-corrected chi connectivity index (χ1v) is 5.40. The first kappa shape index (κ1) is 11.5. The van der Waals surface area contributed by atoms with E-state index in [0.717, 1.165) is 19.5 Å². The van der Waals surface area contributed by atoms with Crippen molar-refractivity contribution < 1.29 is 9.90 Å². The zero-order valence-corrected chi connectivity index (χ0v) is 8.83. The predicted octanol–water partition coefficient (Wildman–Crippen LogP) is -0.0307. The van der Waals surface area contributed by atoms with Crippen LogP contribution in [0.1, 0.15) is 26.2 Å². The minimum atomic E-state index is 0.0540. The van der Waals surface area contributed by atoms with E-state index in [-0.39, 0.29) is 12.5 Å². The molecule has 2 N–H and O–H groups in total. The number of carbonyl (C=O) groups excluding carboxylic acids is 1. The molecule has 1 rings (SSSR count). The Labute approximate surface area is 85.3 Å². The molecular formula is C10H20N2O2. The molecule has 1 aliphatic rings. The molecule has 0 aliphatic carbocycles. The summed E-state index contributed by atoms with van der Waals surface area (Å²) in [5, 5.41) is 12.2. The van der Waals surface area contributed by atoms with Crippen LogP contribution < -0.4 is 5.32 Å². The van der Waals surface area contributed by atoms with Crippen molar-refractivity contribution in [3.63, 3.8) is 0 Å². The van der Waals surface area contributed by atoms with Crippen LogP contribution >= 0.6 is 0 Å². The van der Waals surface area contributed by atoms with Crippen LogP contribution in [0.2, 0.25) is 0 Å². The second kappa shape index (κ2) is 5.98. The minimum absolute atomic E-state index is 0.0540. The van der Waals surface area contributed by atoms with Gasteiger partial charge in [0.25, 0.3) is 0 Å². The van der Waals surface area contributed by atoms with Gasteiger partial charge in [-0.05, 0) is 19.4 Å². The Hall–Kier alpha value is -0.610. The van der Waals surface area contributed by atoms with Crippen molar-refractivity contribution in [2.75, 3.05) is 26.2 Å². The summed E-state index contributed by atoms with van der Waals surface area (Å²) >= 11 is 0. The number of carbonyl (C=O) groups is 1. The molecule has 1 fully saturated rings. The molecule has 1 heterocycles. The number of hydrogen-bond donors (Lipinski definition) is 2. The third-order valence-electron chi connectivity index (χ3n) is 2.63. The molecule has 1 saturated heterocycles. The number of hydrogen-bond acceptors (Lipinski definition) is 3. The van der Waals surface area contributed by atoms with Gasteiger partial charge in [0, 0.05) is 25.6 Å². The summed E-state index contributed by atoms with van der Waals surface area (Å²) in [6.07, 6.45) is 2.85. The minimum Gasteiger partial charge on any atom is -0.395 e. The van der Waals surface area contributed by atoms with Gasteiger partial charge in [-0.25, -0.2) is 0 Å². The maximum absolute atomic E-state index is 11.5. The average Bonchev–Trinajstić information content (AvgIpc) is 2.68. The Bertz CT molecular complexity index is 179. The van der Waals surface area contributed by atoms with E-state index in [1.807, 2.05) is 6.92 Å². The molecule has 0 spiro atoms. The van der Waals surface area contributed by atoms with Crippen molar-refractivity contribution in [1.29, 1.82) is 0 Å². The van der Waals surface area contributed by atoms with E-state index in [0.29, 0.717) is 19.0 Å². The third kappa shape index (κ3) is 3.27. The van der Waals surface area contributed by atoms with Crippen molar-refractivity contribution >= 4 is 5.91 Å². The molecule has 0 aromatic carbocycles.